The smallest absolute Gasteiger partial charge is 0.405 e. The van der Waals surface area contributed by atoms with Crippen LogP contribution >= 0.6 is 0 Å². The van der Waals surface area contributed by atoms with Gasteiger partial charge in [-0.3, -0.25) is 4.79 Å². The van der Waals surface area contributed by atoms with Gasteiger partial charge in [-0.1, -0.05) is 0 Å². The van der Waals surface area contributed by atoms with Crippen LogP contribution in [0.4, 0.5) is 13.2 Å². The maximum absolute atomic E-state index is 11.9. The second-order valence-electron chi connectivity index (χ2n) is 4.15. The van der Waals surface area contributed by atoms with Crippen molar-refractivity contribution in [2.24, 2.45) is 0 Å². The van der Waals surface area contributed by atoms with Crippen LogP contribution in [-0.2, 0) is 11.4 Å². The van der Waals surface area contributed by atoms with Crippen molar-refractivity contribution in [2.75, 3.05) is 19.9 Å². The van der Waals surface area contributed by atoms with E-state index in [0.717, 1.165) is 0 Å². The summed E-state index contributed by atoms with van der Waals surface area (Å²) in [6, 6.07) is 2.89. The van der Waals surface area contributed by atoms with Gasteiger partial charge in [0.05, 0.1) is 6.61 Å². The third kappa shape index (κ3) is 4.15. The molecule has 0 atom stereocenters. The van der Waals surface area contributed by atoms with Gasteiger partial charge in [-0.15, -0.1) is 0 Å². The molecule has 1 amide bonds. The standard InChI is InChI=1S/C12H12F3NO5/c13-12(14,15)5-16-11(18)4-19-8-2-10-9(20-6-21-10)1-7(8)3-17/h1-2,17H,3-6H2,(H,16,18). The van der Waals surface area contributed by atoms with Crippen LogP contribution in [0, 0.1) is 0 Å². The van der Waals surface area contributed by atoms with Crippen molar-refractivity contribution >= 4 is 5.91 Å². The summed E-state index contributed by atoms with van der Waals surface area (Å²) >= 11 is 0. The fraction of sp³-hybridized carbons (Fsp3) is 0.417. The third-order valence-corrected chi connectivity index (χ3v) is 2.57. The molecule has 21 heavy (non-hydrogen) atoms. The lowest BCUT2D eigenvalue weighted by Crippen LogP contribution is -2.36. The average Bonchev–Trinajstić information content (AvgIpc) is 2.87. The molecule has 116 valence electrons. The Hall–Kier alpha value is -2.16. The molecule has 0 aromatic heterocycles. The predicted octanol–water partition coefficient (Wildman–Crippen LogP) is 0.965. The number of hydrogen-bond acceptors (Lipinski definition) is 5. The van der Waals surface area contributed by atoms with Gasteiger partial charge in [-0.05, 0) is 6.07 Å². The monoisotopic (exact) mass is 307 g/mol. The van der Waals surface area contributed by atoms with Gasteiger partial charge in [0.2, 0.25) is 6.79 Å². The molecule has 2 rings (SSSR count). The van der Waals surface area contributed by atoms with Crippen molar-refractivity contribution in [3.8, 4) is 17.2 Å². The number of carbonyl (C=O) groups excluding carboxylic acids is 1. The Bertz CT molecular complexity index is 532. The number of rotatable bonds is 5. The first kappa shape index (κ1) is 15.2. The molecule has 1 heterocycles. The number of hydrogen-bond donors (Lipinski definition) is 2. The molecule has 9 heteroatoms. The van der Waals surface area contributed by atoms with Gasteiger partial charge in [0.15, 0.2) is 18.1 Å². The van der Waals surface area contributed by atoms with E-state index in [4.69, 9.17) is 14.2 Å². The Morgan fingerprint density at radius 1 is 1.33 bits per heavy atom. The first-order valence-electron chi connectivity index (χ1n) is 5.88. The highest BCUT2D eigenvalue weighted by molar-refractivity contribution is 5.77. The molecule has 0 unspecified atom stereocenters. The molecule has 0 saturated heterocycles. The van der Waals surface area contributed by atoms with Crippen molar-refractivity contribution in [1.29, 1.82) is 0 Å². The topological polar surface area (TPSA) is 77.0 Å². The Morgan fingerprint density at radius 2 is 2.00 bits per heavy atom. The number of carbonyl (C=O) groups is 1. The molecule has 0 radical (unpaired) electrons. The van der Waals surface area contributed by atoms with Crippen LogP contribution < -0.4 is 19.5 Å². The van der Waals surface area contributed by atoms with Crippen molar-refractivity contribution in [3.05, 3.63) is 17.7 Å². The van der Waals surface area contributed by atoms with Crippen LogP contribution in [0.15, 0.2) is 12.1 Å². The van der Waals surface area contributed by atoms with Crippen LogP contribution in [0.25, 0.3) is 0 Å². The normalized spacial score (nSPS) is 13.1. The molecule has 0 bridgehead atoms. The van der Waals surface area contributed by atoms with Gasteiger partial charge >= 0.3 is 6.18 Å². The number of ether oxygens (including phenoxy) is 3. The predicted molar refractivity (Wildman–Crippen MR) is 63.0 cm³/mol. The maximum Gasteiger partial charge on any atom is 0.405 e. The van der Waals surface area contributed by atoms with Crippen molar-refractivity contribution < 1.29 is 37.3 Å². The SMILES string of the molecule is O=C(COc1cc2c(cc1CO)OCO2)NCC(F)(F)F. The zero-order valence-electron chi connectivity index (χ0n) is 10.7. The minimum Gasteiger partial charge on any atom is -0.483 e. The molecular formula is C12H12F3NO5. The molecule has 0 saturated carbocycles. The second kappa shape index (κ2) is 6.08. The summed E-state index contributed by atoms with van der Waals surface area (Å²) in [4.78, 5) is 11.2. The summed E-state index contributed by atoms with van der Waals surface area (Å²) in [6.45, 7) is -2.39. The highest BCUT2D eigenvalue weighted by Crippen LogP contribution is 2.38. The lowest BCUT2D eigenvalue weighted by molar-refractivity contribution is -0.139. The second-order valence-corrected chi connectivity index (χ2v) is 4.15. The highest BCUT2D eigenvalue weighted by atomic mass is 19.4. The molecule has 1 aliphatic heterocycles. The quantitative estimate of drug-likeness (QED) is 0.847. The van der Waals surface area contributed by atoms with Crippen molar-refractivity contribution in [2.45, 2.75) is 12.8 Å². The molecule has 1 aromatic carbocycles. The first-order chi connectivity index (χ1) is 9.89. The van der Waals surface area contributed by atoms with Gasteiger partial charge in [0.25, 0.3) is 5.91 Å². The van der Waals surface area contributed by atoms with E-state index in [-0.39, 0.29) is 19.1 Å². The molecule has 0 fully saturated rings. The van der Waals surface area contributed by atoms with Gasteiger partial charge in [-0.2, -0.15) is 13.2 Å². The number of amides is 1. The van der Waals surface area contributed by atoms with Gasteiger partial charge in [0, 0.05) is 11.6 Å². The first-order valence-corrected chi connectivity index (χ1v) is 5.88. The zero-order chi connectivity index (χ0) is 15.5. The fourth-order valence-electron chi connectivity index (χ4n) is 1.62. The lowest BCUT2D eigenvalue weighted by Gasteiger charge is -2.12. The van der Waals surface area contributed by atoms with E-state index >= 15 is 0 Å². The van der Waals surface area contributed by atoms with Crippen molar-refractivity contribution in [3.63, 3.8) is 0 Å². The summed E-state index contributed by atoms with van der Waals surface area (Å²) in [6.07, 6.45) is -4.48. The Kier molecular flexibility index (Phi) is 4.41. The Morgan fingerprint density at radius 3 is 2.62 bits per heavy atom. The van der Waals surface area contributed by atoms with Crippen molar-refractivity contribution in [1.82, 2.24) is 5.32 Å². The number of benzene rings is 1. The van der Waals surface area contributed by atoms with Gasteiger partial charge < -0.3 is 24.6 Å². The lowest BCUT2D eigenvalue weighted by atomic mass is 10.2. The molecule has 0 spiro atoms. The van der Waals surface area contributed by atoms with Crippen LogP contribution in [-0.4, -0.2) is 37.1 Å². The Labute approximate surface area is 117 Å². The molecule has 0 aliphatic carbocycles. The summed E-state index contributed by atoms with van der Waals surface area (Å²) < 4.78 is 51.1. The van der Waals surface area contributed by atoms with Crippen LogP contribution in [0.2, 0.25) is 0 Å². The summed E-state index contributed by atoms with van der Waals surface area (Å²) in [5.41, 5.74) is 0.336. The van der Waals surface area contributed by atoms with Gasteiger partial charge in [-0.25, -0.2) is 0 Å². The minimum atomic E-state index is -4.48. The molecular weight excluding hydrogens is 295 g/mol. The third-order valence-electron chi connectivity index (χ3n) is 2.57. The van der Waals surface area contributed by atoms with E-state index in [1.807, 2.05) is 0 Å². The number of aliphatic hydroxyl groups is 1. The number of aliphatic hydroxyl groups excluding tert-OH is 1. The Balaban J connectivity index is 1.95. The largest absolute Gasteiger partial charge is 0.483 e. The van der Waals surface area contributed by atoms with E-state index in [1.54, 1.807) is 5.32 Å². The molecule has 1 aromatic rings. The fourth-order valence-corrected chi connectivity index (χ4v) is 1.62. The number of nitrogens with one attached hydrogen (secondary N) is 1. The minimum absolute atomic E-state index is 0.0235. The average molecular weight is 307 g/mol. The van der Waals surface area contributed by atoms with E-state index < -0.39 is 25.2 Å². The van der Waals surface area contributed by atoms with Crippen LogP contribution in [0.5, 0.6) is 17.2 Å². The van der Waals surface area contributed by atoms with Crippen LogP contribution in [0.3, 0.4) is 0 Å². The summed E-state index contributed by atoms with van der Waals surface area (Å²) in [7, 11) is 0. The maximum atomic E-state index is 11.9. The van der Waals surface area contributed by atoms with E-state index in [0.29, 0.717) is 17.1 Å². The summed E-state index contributed by atoms with van der Waals surface area (Å²) in [5.74, 6) is 0.0172. The number of halogens is 3. The van der Waals surface area contributed by atoms with E-state index in [9.17, 15) is 23.1 Å². The van der Waals surface area contributed by atoms with E-state index in [1.165, 1.54) is 12.1 Å². The number of fused-ring (bicyclic) bond motifs is 1. The van der Waals surface area contributed by atoms with Gasteiger partial charge in [0.1, 0.15) is 12.3 Å². The highest BCUT2D eigenvalue weighted by Gasteiger charge is 2.27. The zero-order valence-corrected chi connectivity index (χ0v) is 10.7. The molecule has 1 aliphatic rings. The summed E-state index contributed by atoms with van der Waals surface area (Å²) in [5, 5.41) is 10.9. The molecule has 6 nitrogen and oxygen atoms in total. The number of alkyl halides is 3. The van der Waals surface area contributed by atoms with Crippen LogP contribution in [0.1, 0.15) is 5.56 Å². The molecule has 2 N–H and O–H groups in total. The van der Waals surface area contributed by atoms with E-state index in [2.05, 4.69) is 0 Å².